The van der Waals surface area contributed by atoms with Gasteiger partial charge in [-0.05, 0) is 19.3 Å². The van der Waals surface area contributed by atoms with Gasteiger partial charge in [0.25, 0.3) is 0 Å². The highest BCUT2D eigenvalue weighted by Gasteiger charge is 2.21. The average Bonchev–Trinajstić information content (AvgIpc) is 2.21. The molecule has 0 aromatic carbocycles. The number of piperidine rings is 1. The molecule has 1 N–H and O–H groups in total. The standard InChI is InChI=1S/C11H21NO3S.ClH/c1-3-8-16(14,15)10(2)9-12-6-4-11(13)5-7-12;/h11,13H,2-9H2,1H3;1H. The second-order valence-corrected chi connectivity index (χ2v) is 6.58. The molecule has 0 aromatic heterocycles. The van der Waals surface area contributed by atoms with Crippen molar-refractivity contribution in [3.05, 3.63) is 11.5 Å². The van der Waals surface area contributed by atoms with Gasteiger partial charge in [0, 0.05) is 19.6 Å². The van der Waals surface area contributed by atoms with Crippen molar-refractivity contribution in [3.63, 3.8) is 0 Å². The molecule has 1 heterocycles. The second kappa shape index (κ2) is 7.36. The Morgan fingerprint density at radius 3 is 2.41 bits per heavy atom. The van der Waals surface area contributed by atoms with Crippen LogP contribution in [0.15, 0.2) is 11.5 Å². The van der Waals surface area contributed by atoms with Gasteiger partial charge in [-0.1, -0.05) is 13.5 Å². The summed E-state index contributed by atoms with van der Waals surface area (Å²) in [5.74, 6) is 0.183. The summed E-state index contributed by atoms with van der Waals surface area (Å²) in [6.45, 7) is 7.43. The molecule has 102 valence electrons. The van der Waals surface area contributed by atoms with Gasteiger partial charge in [-0.15, -0.1) is 12.4 Å². The van der Waals surface area contributed by atoms with Crippen LogP contribution in [0.5, 0.6) is 0 Å². The summed E-state index contributed by atoms with van der Waals surface area (Å²) in [6, 6.07) is 0. The lowest BCUT2D eigenvalue weighted by molar-refractivity contribution is 0.0876. The van der Waals surface area contributed by atoms with Gasteiger partial charge >= 0.3 is 0 Å². The minimum absolute atomic E-state index is 0. The van der Waals surface area contributed by atoms with E-state index < -0.39 is 9.84 Å². The van der Waals surface area contributed by atoms with Crippen LogP contribution in [-0.4, -0.2) is 49.9 Å². The maximum atomic E-state index is 11.7. The largest absolute Gasteiger partial charge is 0.393 e. The van der Waals surface area contributed by atoms with Gasteiger partial charge in [-0.2, -0.15) is 0 Å². The summed E-state index contributed by atoms with van der Waals surface area (Å²) < 4.78 is 23.4. The van der Waals surface area contributed by atoms with Crippen LogP contribution < -0.4 is 0 Å². The van der Waals surface area contributed by atoms with E-state index in [0.717, 1.165) is 25.9 Å². The van der Waals surface area contributed by atoms with Crippen LogP contribution in [0.4, 0.5) is 0 Å². The first-order valence-electron chi connectivity index (χ1n) is 5.76. The number of sulfone groups is 1. The lowest BCUT2D eigenvalue weighted by Crippen LogP contribution is -2.37. The van der Waals surface area contributed by atoms with Gasteiger partial charge in [-0.25, -0.2) is 8.42 Å². The Hall–Kier alpha value is -0.100. The molecular formula is C11H22ClNO3S. The van der Waals surface area contributed by atoms with Crippen LogP contribution in [0.3, 0.4) is 0 Å². The van der Waals surface area contributed by atoms with Crippen molar-refractivity contribution in [2.75, 3.05) is 25.4 Å². The van der Waals surface area contributed by atoms with E-state index in [2.05, 4.69) is 6.58 Å². The maximum Gasteiger partial charge on any atom is 0.175 e. The average molecular weight is 284 g/mol. The van der Waals surface area contributed by atoms with E-state index in [4.69, 9.17) is 0 Å². The first-order valence-corrected chi connectivity index (χ1v) is 7.42. The quantitative estimate of drug-likeness (QED) is 0.824. The number of aliphatic hydroxyl groups is 1. The van der Waals surface area contributed by atoms with Crippen molar-refractivity contribution in [2.24, 2.45) is 0 Å². The fourth-order valence-corrected chi connectivity index (χ4v) is 3.04. The number of halogens is 1. The minimum Gasteiger partial charge on any atom is -0.393 e. The molecule has 6 heteroatoms. The zero-order chi connectivity index (χ0) is 12.2. The number of nitrogens with zero attached hydrogens (tertiary/aromatic N) is 1. The molecule has 0 aliphatic carbocycles. The SMILES string of the molecule is C=C(CN1CCC(O)CC1)S(=O)(=O)CCC.Cl. The lowest BCUT2D eigenvalue weighted by Gasteiger charge is -2.29. The van der Waals surface area contributed by atoms with Gasteiger partial charge in [0.1, 0.15) is 0 Å². The van der Waals surface area contributed by atoms with E-state index in [1.54, 1.807) is 0 Å². The highest BCUT2D eigenvalue weighted by molar-refractivity contribution is 7.95. The zero-order valence-electron chi connectivity index (χ0n) is 10.3. The van der Waals surface area contributed by atoms with Crippen LogP contribution in [-0.2, 0) is 9.84 Å². The third-order valence-electron chi connectivity index (χ3n) is 2.87. The van der Waals surface area contributed by atoms with Crippen LogP contribution in [0.2, 0.25) is 0 Å². The molecule has 1 rings (SSSR count). The Balaban J connectivity index is 0.00000256. The van der Waals surface area contributed by atoms with Crippen molar-refractivity contribution in [3.8, 4) is 0 Å². The molecule has 0 saturated carbocycles. The van der Waals surface area contributed by atoms with Crippen molar-refractivity contribution in [1.29, 1.82) is 0 Å². The number of hydrogen-bond donors (Lipinski definition) is 1. The number of likely N-dealkylation sites (tertiary alicyclic amines) is 1. The lowest BCUT2D eigenvalue weighted by atomic mass is 10.1. The van der Waals surface area contributed by atoms with Crippen LogP contribution in [0.25, 0.3) is 0 Å². The number of aliphatic hydroxyl groups excluding tert-OH is 1. The van der Waals surface area contributed by atoms with Crippen molar-refractivity contribution in [1.82, 2.24) is 4.90 Å². The van der Waals surface area contributed by atoms with Crippen molar-refractivity contribution >= 4 is 22.2 Å². The van der Waals surface area contributed by atoms with Crippen molar-refractivity contribution < 1.29 is 13.5 Å². The first-order chi connectivity index (χ1) is 7.45. The molecule has 0 amide bonds. The Morgan fingerprint density at radius 2 is 1.94 bits per heavy atom. The predicted octanol–water partition coefficient (Wildman–Crippen LogP) is 1.20. The van der Waals surface area contributed by atoms with E-state index in [-0.39, 0.29) is 24.3 Å². The topological polar surface area (TPSA) is 57.6 Å². The molecule has 0 unspecified atom stereocenters. The van der Waals surface area contributed by atoms with Gasteiger partial charge in [-0.3, -0.25) is 4.90 Å². The monoisotopic (exact) mass is 283 g/mol. The molecule has 0 bridgehead atoms. The third-order valence-corrected chi connectivity index (χ3v) is 4.82. The highest BCUT2D eigenvalue weighted by Crippen LogP contribution is 2.14. The van der Waals surface area contributed by atoms with E-state index in [0.29, 0.717) is 17.9 Å². The van der Waals surface area contributed by atoms with Crippen LogP contribution >= 0.6 is 12.4 Å². The molecule has 0 spiro atoms. The summed E-state index contributed by atoms with van der Waals surface area (Å²) >= 11 is 0. The van der Waals surface area contributed by atoms with Gasteiger partial charge in [0.2, 0.25) is 0 Å². The molecule has 0 radical (unpaired) electrons. The van der Waals surface area contributed by atoms with Gasteiger partial charge in [0.05, 0.1) is 16.8 Å². The molecule has 1 saturated heterocycles. The molecule has 0 aromatic rings. The maximum absolute atomic E-state index is 11.7. The van der Waals surface area contributed by atoms with E-state index in [1.165, 1.54) is 0 Å². The molecule has 0 atom stereocenters. The third kappa shape index (κ3) is 5.38. The summed E-state index contributed by atoms with van der Waals surface area (Å²) in [7, 11) is -3.12. The normalized spacial score (nSPS) is 18.7. The first kappa shape index (κ1) is 16.9. The summed E-state index contributed by atoms with van der Waals surface area (Å²) in [5, 5.41) is 9.34. The predicted molar refractivity (Wildman–Crippen MR) is 72.1 cm³/mol. The number of hydrogen-bond acceptors (Lipinski definition) is 4. The second-order valence-electron chi connectivity index (χ2n) is 4.36. The molecule has 1 aliphatic heterocycles. The molecular weight excluding hydrogens is 262 g/mol. The Bertz CT molecular complexity index is 335. The summed E-state index contributed by atoms with van der Waals surface area (Å²) in [4.78, 5) is 2.35. The van der Waals surface area contributed by atoms with Crippen molar-refractivity contribution in [2.45, 2.75) is 32.3 Å². The smallest absolute Gasteiger partial charge is 0.175 e. The van der Waals surface area contributed by atoms with Crippen LogP contribution in [0, 0.1) is 0 Å². The summed E-state index contributed by atoms with van der Waals surface area (Å²) in [5.41, 5.74) is 0. The van der Waals surface area contributed by atoms with E-state index in [9.17, 15) is 13.5 Å². The molecule has 17 heavy (non-hydrogen) atoms. The number of rotatable bonds is 5. The van der Waals surface area contributed by atoms with E-state index >= 15 is 0 Å². The van der Waals surface area contributed by atoms with Gasteiger partial charge in [0.15, 0.2) is 9.84 Å². The molecule has 4 nitrogen and oxygen atoms in total. The Kier molecular flexibility index (Phi) is 7.32. The fourth-order valence-electron chi connectivity index (χ4n) is 1.84. The fraction of sp³-hybridized carbons (Fsp3) is 0.818. The highest BCUT2D eigenvalue weighted by atomic mass is 35.5. The molecule has 1 fully saturated rings. The summed E-state index contributed by atoms with van der Waals surface area (Å²) in [6.07, 6.45) is 1.85. The van der Waals surface area contributed by atoms with E-state index in [1.807, 2.05) is 11.8 Å². The zero-order valence-corrected chi connectivity index (χ0v) is 11.9. The minimum atomic E-state index is -3.12. The Morgan fingerprint density at radius 1 is 1.41 bits per heavy atom. The van der Waals surface area contributed by atoms with Crippen LogP contribution in [0.1, 0.15) is 26.2 Å². The van der Waals surface area contributed by atoms with Gasteiger partial charge < -0.3 is 5.11 Å². The Labute approximate surface area is 110 Å². The molecule has 1 aliphatic rings.